The van der Waals surface area contributed by atoms with E-state index in [0.29, 0.717) is 53.3 Å². The van der Waals surface area contributed by atoms with E-state index in [2.05, 4.69) is 121 Å². The summed E-state index contributed by atoms with van der Waals surface area (Å²) >= 11 is 0. The van der Waals surface area contributed by atoms with E-state index < -0.39 is 0 Å². The molecule has 4 heteroatoms. The van der Waals surface area contributed by atoms with Gasteiger partial charge in [0.1, 0.15) is 0 Å². The summed E-state index contributed by atoms with van der Waals surface area (Å²) in [5, 5.41) is 0. The normalized spacial score (nSPS) is 23.9. The molecule has 0 radical (unpaired) electrons. The van der Waals surface area contributed by atoms with Gasteiger partial charge in [0.15, 0.2) is 23.1 Å². The van der Waals surface area contributed by atoms with E-state index in [4.69, 9.17) is 0 Å². The van der Waals surface area contributed by atoms with Gasteiger partial charge >= 0.3 is 0 Å². The number of hydrogen-bond donors (Lipinski definition) is 0. The quantitative estimate of drug-likeness (QED) is 0.129. The molecular formula is C56H88O4. The molecule has 60 heavy (non-hydrogen) atoms. The van der Waals surface area contributed by atoms with E-state index in [1.807, 2.05) is 6.92 Å². The molecule has 4 aliphatic rings. The second-order valence-electron chi connectivity index (χ2n) is 21.0. The van der Waals surface area contributed by atoms with Crippen molar-refractivity contribution in [2.75, 3.05) is 0 Å². The summed E-state index contributed by atoms with van der Waals surface area (Å²) in [5.41, 5.74) is 9.35. The van der Waals surface area contributed by atoms with E-state index in [0.717, 1.165) is 31.3 Å². The minimum Gasteiger partial charge on any atom is -0.295 e. The largest absolute Gasteiger partial charge is 0.295 e. The van der Waals surface area contributed by atoms with Crippen LogP contribution in [-0.4, -0.2) is 23.1 Å². The monoisotopic (exact) mass is 825 g/mol. The Kier molecular flexibility index (Phi) is 22.7. The summed E-state index contributed by atoms with van der Waals surface area (Å²) in [4.78, 5) is 44.9. The average Bonchev–Trinajstić information content (AvgIpc) is 3.15. The highest BCUT2D eigenvalue weighted by molar-refractivity contribution is 5.92. The zero-order chi connectivity index (χ0) is 46.1. The van der Waals surface area contributed by atoms with Crippen molar-refractivity contribution in [2.24, 2.45) is 39.4 Å². The fraction of sp³-hybridized carbons (Fsp3) is 0.643. The molecular weight excluding hydrogens is 737 g/mol. The van der Waals surface area contributed by atoms with E-state index >= 15 is 0 Å². The molecule has 0 saturated heterocycles. The fourth-order valence-electron chi connectivity index (χ4n) is 10.1. The maximum absolute atomic E-state index is 11.2. The number of ketones is 4. The molecule has 4 nitrogen and oxygen atoms in total. The lowest BCUT2D eigenvalue weighted by molar-refractivity contribution is -0.115. The van der Waals surface area contributed by atoms with Crippen molar-refractivity contribution >= 4 is 23.1 Å². The fourth-order valence-corrected chi connectivity index (χ4v) is 10.1. The van der Waals surface area contributed by atoms with Gasteiger partial charge in [0.2, 0.25) is 0 Å². The molecule has 336 valence electrons. The molecule has 0 aromatic rings. The number of allylic oxidation sites excluding steroid dienone is 12. The van der Waals surface area contributed by atoms with Crippen molar-refractivity contribution in [3.05, 3.63) is 96.2 Å². The first kappa shape index (κ1) is 54.6. The van der Waals surface area contributed by atoms with Gasteiger partial charge in [-0.2, -0.15) is 0 Å². The number of rotatable bonds is 14. The van der Waals surface area contributed by atoms with Crippen molar-refractivity contribution in [3.63, 3.8) is 0 Å². The summed E-state index contributed by atoms with van der Waals surface area (Å²) in [6.07, 6.45) is 28.0. The summed E-state index contributed by atoms with van der Waals surface area (Å²) < 4.78 is 0. The Morgan fingerprint density at radius 2 is 1.10 bits per heavy atom. The molecule has 4 aliphatic carbocycles. The molecule has 1 unspecified atom stereocenters. The van der Waals surface area contributed by atoms with Crippen LogP contribution in [0.2, 0.25) is 0 Å². The molecule has 1 saturated carbocycles. The van der Waals surface area contributed by atoms with Crippen LogP contribution >= 0.6 is 0 Å². The third-order valence-corrected chi connectivity index (χ3v) is 14.4. The van der Waals surface area contributed by atoms with Crippen LogP contribution in [0.15, 0.2) is 96.2 Å². The third-order valence-electron chi connectivity index (χ3n) is 14.4. The van der Waals surface area contributed by atoms with Crippen LogP contribution in [0, 0.1) is 39.4 Å². The Balaban J connectivity index is 0.000000400. The van der Waals surface area contributed by atoms with E-state index in [1.54, 1.807) is 6.92 Å². The molecule has 0 bridgehead atoms. The summed E-state index contributed by atoms with van der Waals surface area (Å²) in [6.45, 7) is 43.2. The van der Waals surface area contributed by atoms with Gasteiger partial charge in [0.25, 0.3) is 0 Å². The first-order valence-electron chi connectivity index (χ1n) is 23.1. The molecule has 0 heterocycles. The van der Waals surface area contributed by atoms with E-state index in [-0.39, 0.29) is 28.5 Å². The van der Waals surface area contributed by atoms with Crippen LogP contribution in [0.4, 0.5) is 0 Å². The second-order valence-corrected chi connectivity index (χ2v) is 21.0. The van der Waals surface area contributed by atoms with E-state index in [9.17, 15) is 19.2 Å². The van der Waals surface area contributed by atoms with Crippen LogP contribution in [0.3, 0.4) is 0 Å². The summed E-state index contributed by atoms with van der Waals surface area (Å²) in [5.74, 6) is 2.18. The zero-order valence-electron chi connectivity index (χ0n) is 41.0. The van der Waals surface area contributed by atoms with Gasteiger partial charge in [-0.05, 0) is 175 Å². The number of carbonyl (C=O) groups excluding carboxylic acids is 4. The number of carbonyl (C=O) groups is 4. The van der Waals surface area contributed by atoms with Crippen LogP contribution in [-0.2, 0) is 19.2 Å². The summed E-state index contributed by atoms with van der Waals surface area (Å²) in [7, 11) is 0. The zero-order valence-corrected chi connectivity index (χ0v) is 41.0. The van der Waals surface area contributed by atoms with Gasteiger partial charge in [0.05, 0.1) is 0 Å². The standard InChI is InChI=1S/4C14H22O/c1-10-7-6-8-14(4,5)13(10)9-11(2)12(3)15;3*1-5-12(15)8-9-13-11(2)7-6-10-14(13,3)4/h7,9,13H,6,8H2,1-5H3;5H,1,6-10H2,2-4H3;5,7,13H,1,6,8-10H2,2-4H3;5,13H,1-2,6-10H2,3-4H3/t;;2*13-/m..11/s1. The van der Waals surface area contributed by atoms with Gasteiger partial charge in [0, 0.05) is 25.2 Å². The highest BCUT2D eigenvalue weighted by atomic mass is 16.1. The Hall–Kier alpha value is -3.40. The first-order chi connectivity index (χ1) is 27.8. The van der Waals surface area contributed by atoms with Gasteiger partial charge < -0.3 is 0 Å². The first-order valence-corrected chi connectivity index (χ1v) is 23.1. The van der Waals surface area contributed by atoms with Crippen molar-refractivity contribution < 1.29 is 19.2 Å². The van der Waals surface area contributed by atoms with Gasteiger partial charge in [-0.25, -0.2) is 0 Å². The maximum Gasteiger partial charge on any atom is 0.155 e. The highest BCUT2D eigenvalue weighted by Crippen LogP contribution is 2.46. The molecule has 0 aromatic carbocycles. The topological polar surface area (TPSA) is 68.3 Å². The molecule has 1 fully saturated rings. The van der Waals surface area contributed by atoms with Gasteiger partial charge in [-0.15, -0.1) is 0 Å². The molecule has 4 rings (SSSR count). The predicted octanol–water partition coefficient (Wildman–Crippen LogP) is 15.8. The second kappa shape index (κ2) is 24.9. The molecule has 0 amide bonds. The Morgan fingerprint density at radius 1 is 0.633 bits per heavy atom. The average molecular weight is 825 g/mol. The van der Waals surface area contributed by atoms with Crippen molar-refractivity contribution in [1.29, 1.82) is 0 Å². The minimum absolute atomic E-state index is 0.157. The SMILES string of the molecule is C=CC(=O)CCC1=C(C)CCCC1(C)C.C=CC(=O)CC[C@@H]1C(=C)CCCC1(C)C.C=CC(=O)CC[C@@H]1C(C)=CCCC1(C)C.CC(=O)C(C)=CC1C(C)=CCCC1(C)C. The number of Topliss-reactive ketones (excluding diaryl/α,β-unsaturated/α-hetero) is 1. The minimum atomic E-state index is 0.157. The van der Waals surface area contributed by atoms with Crippen LogP contribution < -0.4 is 0 Å². The van der Waals surface area contributed by atoms with Crippen LogP contribution in [0.5, 0.6) is 0 Å². The van der Waals surface area contributed by atoms with E-state index in [1.165, 1.54) is 104 Å². The smallest absolute Gasteiger partial charge is 0.155 e. The lowest BCUT2D eigenvalue weighted by Gasteiger charge is -2.40. The Morgan fingerprint density at radius 3 is 1.57 bits per heavy atom. The molecule has 0 aromatic heterocycles. The van der Waals surface area contributed by atoms with Crippen molar-refractivity contribution in [2.45, 2.75) is 193 Å². The van der Waals surface area contributed by atoms with Crippen LogP contribution in [0.25, 0.3) is 0 Å². The van der Waals surface area contributed by atoms with Gasteiger partial charge in [-0.1, -0.05) is 128 Å². The molecule has 0 N–H and O–H groups in total. The third kappa shape index (κ3) is 17.9. The Bertz CT molecular complexity index is 1660. The highest BCUT2D eigenvalue weighted by Gasteiger charge is 2.35. The predicted molar refractivity (Wildman–Crippen MR) is 259 cm³/mol. The molecule has 0 aliphatic heterocycles. The van der Waals surface area contributed by atoms with Gasteiger partial charge in [-0.3, -0.25) is 19.2 Å². The summed E-state index contributed by atoms with van der Waals surface area (Å²) in [6, 6.07) is 0. The van der Waals surface area contributed by atoms with Crippen LogP contribution in [0.1, 0.15) is 193 Å². The molecule has 0 spiro atoms. The van der Waals surface area contributed by atoms with Crippen molar-refractivity contribution in [1.82, 2.24) is 0 Å². The lowest BCUT2D eigenvalue weighted by Crippen LogP contribution is -2.29. The lowest BCUT2D eigenvalue weighted by atomic mass is 9.65. The van der Waals surface area contributed by atoms with Crippen molar-refractivity contribution in [3.8, 4) is 0 Å². The number of hydrogen-bond acceptors (Lipinski definition) is 4. The maximum atomic E-state index is 11.2. The Labute approximate surface area is 369 Å². The molecule has 3 atom stereocenters.